The molecule has 0 bridgehead atoms. The highest BCUT2D eigenvalue weighted by Gasteiger charge is 2.27. The van der Waals surface area contributed by atoms with E-state index >= 15 is 0 Å². The predicted octanol–water partition coefficient (Wildman–Crippen LogP) is 12.7. The number of phosphoric ester groups is 1. The van der Waals surface area contributed by atoms with Gasteiger partial charge in [0.25, 0.3) is 0 Å². The zero-order chi connectivity index (χ0) is 41.4. The molecule has 0 aliphatic heterocycles. The Kier molecular flexibility index (Phi) is 37.1. The molecule has 0 rings (SSSR count). The van der Waals surface area contributed by atoms with Crippen molar-refractivity contribution in [1.82, 2.24) is 0 Å². The molecule has 0 saturated carbocycles. The molecule has 56 heavy (non-hydrogen) atoms. The number of carbonyl (C=O) groups excluding carboxylic acids is 2. The quantitative estimate of drug-likeness (QED) is 0.0214. The Labute approximate surface area is 343 Å². The molecule has 0 spiro atoms. The van der Waals surface area contributed by atoms with Gasteiger partial charge in [0.1, 0.15) is 19.8 Å². The average molecular weight is 811 g/mol. The summed E-state index contributed by atoms with van der Waals surface area (Å²) in [5.41, 5.74) is 0. The molecule has 0 amide bonds. The summed E-state index contributed by atoms with van der Waals surface area (Å²) < 4.78 is 34.2. The fourth-order valence-electron chi connectivity index (χ4n) is 5.79. The van der Waals surface area contributed by atoms with E-state index in [0.717, 1.165) is 51.4 Å². The first-order valence-corrected chi connectivity index (χ1v) is 23.9. The van der Waals surface area contributed by atoms with Gasteiger partial charge in [-0.15, -0.1) is 0 Å². The second-order valence-corrected chi connectivity index (χ2v) is 17.5. The van der Waals surface area contributed by atoms with E-state index < -0.39 is 32.5 Å². The number of quaternary nitrogens is 1. The van der Waals surface area contributed by atoms with Crippen molar-refractivity contribution >= 4 is 19.8 Å². The van der Waals surface area contributed by atoms with Crippen LogP contribution < -0.4 is 0 Å². The smallest absolute Gasteiger partial charge is 0.462 e. The highest BCUT2D eigenvalue weighted by atomic mass is 31.2. The highest BCUT2D eigenvalue weighted by Crippen LogP contribution is 2.43. The number of ether oxygens (including phenoxy) is 2. The van der Waals surface area contributed by atoms with Crippen LogP contribution >= 0.6 is 7.82 Å². The van der Waals surface area contributed by atoms with Crippen molar-refractivity contribution in [3.05, 3.63) is 48.6 Å². The van der Waals surface area contributed by atoms with E-state index in [9.17, 15) is 19.0 Å². The lowest BCUT2D eigenvalue weighted by Gasteiger charge is -2.24. The summed E-state index contributed by atoms with van der Waals surface area (Å²) in [6.45, 7) is 4.33. The second kappa shape index (κ2) is 38.5. The molecule has 0 radical (unpaired) electrons. The maximum atomic E-state index is 12.7. The molecule has 0 aromatic carbocycles. The number of esters is 2. The maximum absolute atomic E-state index is 12.7. The highest BCUT2D eigenvalue weighted by molar-refractivity contribution is 7.47. The number of phosphoric acid groups is 1. The lowest BCUT2D eigenvalue weighted by atomic mass is 10.1. The van der Waals surface area contributed by atoms with Gasteiger partial charge in [0.2, 0.25) is 0 Å². The molecule has 2 atom stereocenters. The Morgan fingerprint density at radius 1 is 0.554 bits per heavy atom. The molecule has 0 aliphatic rings. The van der Waals surface area contributed by atoms with Crippen LogP contribution in [-0.4, -0.2) is 74.9 Å². The molecule has 326 valence electrons. The van der Waals surface area contributed by atoms with E-state index in [2.05, 4.69) is 62.5 Å². The van der Waals surface area contributed by atoms with E-state index in [0.29, 0.717) is 23.9 Å². The minimum absolute atomic E-state index is 0.0204. The normalized spacial score (nSPS) is 14.0. The molecule has 0 aromatic rings. The number of likely N-dealkylation sites (N-methyl/N-ethyl adjacent to an activating group) is 1. The lowest BCUT2D eigenvalue weighted by Crippen LogP contribution is -2.37. The monoisotopic (exact) mass is 811 g/mol. The lowest BCUT2D eigenvalue weighted by molar-refractivity contribution is -0.870. The largest absolute Gasteiger partial charge is 0.472 e. The maximum Gasteiger partial charge on any atom is 0.472 e. The number of carbonyl (C=O) groups is 2. The standard InChI is InChI=1S/C46H84NO8P/c1-6-8-10-12-14-16-18-20-22-23-25-26-28-30-32-34-36-38-45(48)52-42-44(43-54-56(50,51)53-41-40-47(3,4)5)55-46(49)39-37-35-33-31-29-27-24-21-19-17-15-13-11-9-7-2/h20,22,25-27,29-30,32,44H,6-19,21,23-24,28,31,33-43H2,1-5H3/p+1/b22-20+,26-25+,29-27+,32-30+/t44-/m1/s1. The van der Waals surface area contributed by atoms with Crippen molar-refractivity contribution in [1.29, 1.82) is 0 Å². The number of allylic oxidation sites excluding steroid dienone is 8. The van der Waals surface area contributed by atoms with Gasteiger partial charge in [0, 0.05) is 12.8 Å². The van der Waals surface area contributed by atoms with Crippen LogP contribution in [0.4, 0.5) is 0 Å². The predicted molar refractivity (Wildman–Crippen MR) is 233 cm³/mol. The van der Waals surface area contributed by atoms with Crippen LogP contribution in [0.15, 0.2) is 48.6 Å². The summed E-state index contributed by atoms with van der Waals surface area (Å²) in [5, 5.41) is 0. The summed E-state index contributed by atoms with van der Waals surface area (Å²) in [6, 6.07) is 0. The molecule has 1 N–H and O–H groups in total. The van der Waals surface area contributed by atoms with Gasteiger partial charge in [-0.3, -0.25) is 18.6 Å². The Hall–Kier alpha value is -2.03. The third kappa shape index (κ3) is 41.6. The van der Waals surface area contributed by atoms with Gasteiger partial charge in [-0.2, -0.15) is 0 Å². The van der Waals surface area contributed by atoms with Crippen LogP contribution in [0.3, 0.4) is 0 Å². The van der Waals surface area contributed by atoms with Gasteiger partial charge >= 0.3 is 19.8 Å². The molecule has 1 unspecified atom stereocenters. The molecule has 0 heterocycles. The minimum atomic E-state index is -4.39. The van der Waals surface area contributed by atoms with Crippen LogP contribution in [0.25, 0.3) is 0 Å². The first-order valence-electron chi connectivity index (χ1n) is 22.4. The molecule has 0 fully saturated rings. The molecule has 10 heteroatoms. The van der Waals surface area contributed by atoms with E-state index in [-0.39, 0.29) is 26.1 Å². The fourth-order valence-corrected chi connectivity index (χ4v) is 6.53. The number of rotatable bonds is 40. The topological polar surface area (TPSA) is 108 Å². The Morgan fingerprint density at radius 3 is 1.50 bits per heavy atom. The summed E-state index contributed by atoms with van der Waals surface area (Å²) >= 11 is 0. The number of hydrogen-bond acceptors (Lipinski definition) is 7. The molecule has 9 nitrogen and oxygen atoms in total. The van der Waals surface area contributed by atoms with Crippen LogP contribution in [0.1, 0.15) is 181 Å². The van der Waals surface area contributed by atoms with Crippen molar-refractivity contribution in [2.45, 2.75) is 187 Å². The number of unbranched alkanes of at least 4 members (excludes halogenated alkanes) is 18. The van der Waals surface area contributed by atoms with Crippen LogP contribution in [0.5, 0.6) is 0 Å². The number of hydrogen-bond donors (Lipinski definition) is 1. The molecular formula is C46H85NO8P+. The summed E-state index contributed by atoms with van der Waals surface area (Å²) in [4.78, 5) is 35.3. The zero-order valence-corrected chi connectivity index (χ0v) is 37.5. The van der Waals surface area contributed by atoms with E-state index in [4.69, 9.17) is 18.5 Å². The van der Waals surface area contributed by atoms with Crippen molar-refractivity contribution in [2.75, 3.05) is 47.5 Å². The molecule has 0 saturated heterocycles. The van der Waals surface area contributed by atoms with Gasteiger partial charge in [0.05, 0.1) is 27.7 Å². The number of nitrogens with zero attached hydrogens (tertiary/aromatic N) is 1. The summed E-state index contributed by atoms with van der Waals surface area (Å²) in [5.74, 6) is -0.879. The summed E-state index contributed by atoms with van der Waals surface area (Å²) in [7, 11) is 1.44. The zero-order valence-electron chi connectivity index (χ0n) is 36.6. The van der Waals surface area contributed by atoms with Gasteiger partial charge < -0.3 is 18.9 Å². The fraction of sp³-hybridized carbons (Fsp3) is 0.783. The van der Waals surface area contributed by atoms with Gasteiger partial charge in [-0.05, 0) is 70.6 Å². The Morgan fingerprint density at radius 2 is 0.982 bits per heavy atom. The van der Waals surface area contributed by atoms with Gasteiger partial charge in [-0.1, -0.05) is 146 Å². The first-order chi connectivity index (χ1) is 27.0. The van der Waals surface area contributed by atoms with Crippen molar-refractivity contribution in [2.24, 2.45) is 0 Å². The molecule has 0 aliphatic carbocycles. The van der Waals surface area contributed by atoms with E-state index in [1.165, 1.54) is 89.9 Å². The third-order valence-corrected chi connectivity index (χ3v) is 10.3. The SMILES string of the molecule is CCCCCCCC/C=C/C/C=C/C/C=C/CCCC(=O)OC[C@H](COP(=O)(O)OCC[N+](C)(C)C)OC(=O)CCCCC/C=C/CCCCCCCCCC. The Bertz CT molecular complexity index is 1100. The van der Waals surface area contributed by atoms with E-state index in [1.54, 1.807) is 0 Å². The first kappa shape index (κ1) is 54.0. The van der Waals surface area contributed by atoms with Gasteiger partial charge in [-0.25, -0.2) is 4.57 Å². The molecule has 0 aromatic heterocycles. The van der Waals surface area contributed by atoms with Crippen LogP contribution in [-0.2, 0) is 32.7 Å². The third-order valence-electron chi connectivity index (χ3n) is 9.33. The van der Waals surface area contributed by atoms with Crippen LogP contribution in [0.2, 0.25) is 0 Å². The second-order valence-electron chi connectivity index (χ2n) is 16.1. The van der Waals surface area contributed by atoms with Gasteiger partial charge in [0.15, 0.2) is 6.10 Å². The van der Waals surface area contributed by atoms with Crippen LogP contribution in [0, 0.1) is 0 Å². The van der Waals surface area contributed by atoms with E-state index in [1.807, 2.05) is 21.1 Å². The molecular weight excluding hydrogens is 725 g/mol. The average Bonchev–Trinajstić information content (AvgIpc) is 3.15. The van der Waals surface area contributed by atoms with Crippen molar-refractivity contribution < 1.29 is 42.1 Å². The Balaban J connectivity index is 4.46. The van der Waals surface area contributed by atoms with Crippen molar-refractivity contribution in [3.8, 4) is 0 Å². The summed E-state index contributed by atoms with van der Waals surface area (Å²) in [6.07, 6.45) is 44.5. The van der Waals surface area contributed by atoms with Crippen molar-refractivity contribution in [3.63, 3.8) is 0 Å². The minimum Gasteiger partial charge on any atom is -0.462 e.